The van der Waals surface area contributed by atoms with Gasteiger partial charge in [-0.25, -0.2) is 18.1 Å². The van der Waals surface area contributed by atoms with Gasteiger partial charge in [-0.3, -0.25) is 10.1 Å². The van der Waals surface area contributed by atoms with Crippen LogP contribution in [0.2, 0.25) is 0 Å². The molecule has 0 atom stereocenters. The third-order valence-electron chi connectivity index (χ3n) is 3.91. The lowest BCUT2D eigenvalue weighted by atomic mass is 10.2. The number of hydrogen-bond acceptors (Lipinski definition) is 6. The molecule has 0 saturated heterocycles. The average Bonchev–Trinajstić information content (AvgIpc) is 3.03. The molecule has 0 saturated carbocycles. The highest BCUT2D eigenvalue weighted by Gasteiger charge is 2.18. The van der Waals surface area contributed by atoms with Crippen LogP contribution < -0.4 is 4.72 Å². The minimum Gasteiger partial charge on any atom is -0.441 e. The average molecular weight is 387 g/mol. The molecule has 1 heterocycles. The zero-order valence-corrected chi connectivity index (χ0v) is 15.3. The van der Waals surface area contributed by atoms with Gasteiger partial charge >= 0.3 is 0 Å². The van der Waals surface area contributed by atoms with E-state index in [1.54, 1.807) is 6.92 Å². The molecule has 3 rings (SSSR count). The minimum atomic E-state index is -3.86. The van der Waals surface area contributed by atoms with Crippen molar-refractivity contribution in [3.8, 4) is 11.5 Å². The van der Waals surface area contributed by atoms with Gasteiger partial charge in [-0.2, -0.15) is 0 Å². The number of rotatable bonds is 7. The van der Waals surface area contributed by atoms with Gasteiger partial charge in [0.1, 0.15) is 5.76 Å². The van der Waals surface area contributed by atoms with Crippen molar-refractivity contribution in [1.82, 2.24) is 9.71 Å². The second kappa shape index (κ2) is 7.68. The summed E-state index contributed by atoms with van der Waals surface area (Å²) in [6, 6.07) is 14.3. The van der Waals surface area contributed by atoms with Gasteiger partial charge in [0.05, 0.1) is 15.5 Å². The van der Waals surface area contributed by atoms with E-state index in [-0.39, 0.29) is 17.1 Å². The molecule has 0 amide bonds. The minimum absolute atomic E-state index is 0.0899. The topological polar surface area (TPSA) is 115 Å². The molecule has 140 valence electrons. The number of aryl methyl sites for hydroxylation is 1. The van der Waals surface area contributed by atoms with Crippen molar-refractivity contribution in [2.45, 2.75) is 18.2 Å². The Morgan fingerprint density at radius 2 is 1.89 bits per heavy atom. The maximum absolute atomic E-state index is 12.3. The van der Waals surface area contributed by atoms with Gasteiger partial charge in [-0.05, 0) is 25.1 Å². The number of nitrogens with one attached hydrogen (secondary N) is 1. The van der Waals surface area contributed by atoms with Gasteiger partial charge in [-0.15, -0.1) is 0 Å². The molecule has 1 aromatic heterocycles. The molecule has 0 fully saturated rings. The zero-order valence-electron chi connectivity index (χ0n) is 14.5. The monoisotopic (exact) mass is 387 g/mol. The fourth-order valence-electron chi connectivity index (χ4n) is 2.52. The standard InChI is InChI=1S/C18H17N3O5S/c1-13-17(20-18(26-13)14-6-3-2-4-7-14)10-11-19-27(24,25)16-9-5-8-15(12-16)21(22)23/h2-9,12,19H,10-11H2,1H3. The maximum atomic E-state index is 12.3. The molecule has 2 aromatic carbocycles. The third-order valence-corrected chi connectivity index (χ3v) is 5.36. The molecule has 0 spiro atoms. The Kier molecular flexibility index (Phi) is 5.33. The van der Waals surface area contributed by atoms with E-state index in [1.807, 2.05) is 30.3 Å². The summed E-state index contributed by atoms with van der Waals surface area (Å²) in [6.07, 6.45) is 0.330. The Labute approximate surface area is 156 Å². The summed E-state index contributed by atoms with van der Waals surface area (Å²) in [5.41, 5.74) is 1.21. The van der Waals surface area contributed by atoms with E-state index in [4.69, 9.17) is 4.42 Å². The van der Waals surface area contributed by atoms with Crippen molar-refractivity contribution in [2.75, 3.05) is 6.54 Å². The normalized spacial score (nSPS) is 11.4. The van der Waals surface area contributed by atoms with Gasteiger partial charge in [0, 0.05) is 30.7 Å². The Bertz CT molecular complexity index is 1060. The van der Waals surface area contributed by atoms with Gasteiger partial charge in [-0.1, -0.05) is 24.3 Å². The molecule has 0 bridgehead atoms. The second-order valence-corrected chi connectivity index (χ2v) is 7.56. The summed E-state index contributed by atoms with van der Waals surface area (Å²) >= 11 is 0. The van der Waals surface area contributed by atoms with Gasteiger partial charge in [0.2, 0.25) is 15.9 Å². The van der Waals surface area contributed by atoms with Crippen LogP contribution in [0, 0.1) is 17.0 Å². The molecular formula is C18H17N3O5S. The Hall–Kier alpha value is -3.04. The van der Waals surface area contributed by atoms with E-state index in [2.05, 4.69) is 9.71 Å². The van der Waals surface area contributed by atoms with Crippen molar-refractivity contribution in [3.05, 3.63) is 76.2 Å². The Balaban J connectivity index is 1.68. The van der Waals surface area contributed by atoms with E-state index in [1.165, 1.54) is 18.2 Å². The van der Waals surface area contributed by atoms with Gasteiger partial charge in [0.15, 0.2) is 0 Å². The molecule has 8 nitrogen and oxygen atoms in total. The number of non-ortho nitro benzene ring substituents is 1. The lowest BCUT2D eigenvalue weighted by molar-refractivity contribution is -0.385. The number of nitrogens with zero attached hydrogens (tertiary/aromatic N) is 2. The van der Waals surface area contributed by atoms with E-state index in [9.17, 15) is 18.5 Å². The van der Waals surface area contributed by atoms with Crippen molar-refractivity contribution >= 4 is 15.7 Å². The summed E-state index contributed by atoms with van der Waals surface area (Å²) in [5.74, 6) is 1.09. The van der Waals surface area contributed by atoms with Crippen molar-refractivity contribution in [2.24, 2.45) is 0 Å². The van der Waals surface area contributed by atoms with E-state index in [0.717, 1.165) is 11.6 Å². The first-order valence-corrected chi connectivity index (χ1v) is 9.61. The lowest BCUT2D eigenvalue weighted by Gasteiger charge is -2.06. The van der Waals surface area contributed by atoms with Crippen LogP contribution in [0.4, 0.5) is 5.69 Å². The first-order valence-electron chi connectivity index (χ1n) is 8.12. The van der Waals surface area contributed by atoms with Crippen LogP contribution in [-0.4, -0.2) is 24.9 Å². The number of nitro groups is 1. The van der Waals surface area contributed by atoms with Crippen LogP contribution in [0.5, 0.6) is 0 Å². The number of aromatic nitrogens is 1. The largest absolute Gasteiger partial charge is 0.441 e. The van der Waals surface area contributed by atoms with Crippen LogP contribution in [0.15, 0.2) is 63.9 Å². The van der Waals surface area contributed by atoms with Crippen LogP contribution in [-0.2, 0) is 16.4 Å². The Morgan fingerprint density at radius 3 is 2.59 bits per heavy atom. The maximum Gasteiger partial charge on any atom is 0.270 e. The molecule has 3 aromatic rings. The van der Waals surface area contributed by atoms with E-state index in [0.29, 0.717) is 23.8 Å². The summed E-state index contributed by atoms with van der Waals surface area (Å²) in [7, 11) is -3.86. The Morgan fingerprint density at radius 1 is 1.15 bits per heavy atom. The summed E-state index contributed by atoms with van der Waals surface area (Å²) in [4.78, 5) is 14.4. The molecule has 0 aliphatic rings. The second-order valence-electron chi connectivity index (χ2n) is 5.79. The van der Waals surface area contributed by atoms with E-state index >= 15 is 0 Å². The quantitative estimate of drug-likeness (QED) is 0.492. The number of benzene rings is 2. The molecular weight excluding hydrogens is 370 g/mol. The SMILES string of the molecule is Cc1oc(-c2ccccc2)nc1CCNS(=O)(=O)c1cccc([N+](=O)[O-])c1. The molecule has 0 aliphatic carbocycles. The van der Waals surface area contributed by atoms with Gasteiger partial charge < -0.3 is 4.42 Å². The first-order chi connectivity index (χ1) is 12.9. The molecule has 1 N–H and O–H groups in total. The van der Waals surface area contributed by atoms with Crippen LogP contribution >= 0.6 is 0 Å². The first kappa shape index (κ1) is 18.7. The molecule has 0 radical (unpaired) electrons. The van der Waals surface area contributed by atoms with Crippen molar-refractivity contribution < 1.29 is 17.8 Å². The molecule has 27 heavy (non-hydrogen) atoms. The predicted molar refractivity (Wildman–Crippen MR) is 98.7 cm³/mol. The number of nitro benzene ring substituents is 1. The van der Waals surface area contributed by atoms with Crippen molar-refractivity contribution in [3.63, 3.8) is 0 Å². The fourth-order valence-corrected chi connectivity index (χ4v) is 3.59. The predicted octanol–water partition coefficient (Wildman–Crippen LogP) is 3.08. The molecule has 0 unspecified atom stereocenters. The highest BCUT2D eigenvalue weighted by molar-refractivity contribution is 7.89. The number of hydrogen-bond donors (Lipinski definition) is 1. The van der Waals surface area contributed by atoms with Crippen molar-refractivity contribution in [1.29, 1.82) is 0 Å². The smallest absolute Gasteiger partial charge is 0.270 e. The summed E-state index contributed by atoms with van der Waals surface area (Å²) < 4.78 is 32.7. The number of sulfonamides is 1. The van der Waals surface area contributed by atoms with Crippen LogP contribution in [0.3, 0.4) is 0 Å². The molecule has 0 aliphatic heterocycles. The van der Waals surface area contributed by atoms with E-state index < -0.39 is 14.9 Å². The highest BCUT2D eigenvalue weighted by atomic mass is 32.2. The molecule has 9 heteroatoms. The fraction of sp³-hybridized carbons (Fsp3) is 0.167. The summed E-state index contributed by atoms with van der Waals surface area (Å²) in [5, 5.41) is 10.8. The summed E-state index contributed by atoms with van der Waals surface area (Å²) in [6.45, 7) is 1.86. The van der Waals surface area contributed by atoms with Crippen LogP contribution in [0.1, 0.15) is 11.5 Å². The lowest BCUT2D eigenvalue weighted by Crippen LogP contribution is -2.26. The zero-order chi connectivity index (χ0) is 19.4. The number of oxazole rings is 1. The third kappa shape index (κ3) is 4.39. The van der Waals surface area contributed by atoms with Crippen LogP contribution in [0.25, 0.3) is 11.5 Å². The highest BCUT2D eigenvalue weighted by Crippen LogP contribution is 2.22. The van der Waals surface area contributed by atoms with Gasteiger partial charge in [0.25, 0.3) is 5.69 Å².